The normalized spacial score (nSPS) is 11.4. The molecule has 0 bridgehead atoms. The molecule has 33 heavy (non-hydrogen) atoms. The van der Waals surface area contributed by atoms with Crippen molar-refractivity contribution in [1.82, 2.24) is 24.6 Å². The average molecular weight is 446 g/mol. The SMILES string of the molecule is CCN(CC)C(=O)COc1ccc(/C=N/Nc2nnc3c4ccccc4n(CC)c3n2)cc1. The molecule has 2 heterocycles. The van der Waals surface area contributed by atoms with Crippen molar-refractivity contribution in [2.45, 2.75) is 27.3 Å². The van der Waals surface area contributed by atoms with Crippen LogP contribution >= 0.6 is 0 Å². The van der Waals surface area contributed by atoms with Crippen molar-refractivity contribution in [2.75, 3.05) is 25.1 Å². The first kappa shape index (κ1) is 22.2. The number of hydrogen-bond acceptors (Lipinski definition) is 7. The summed E-state index contributed by atoms with van der Waals surface area (Å²) in [7, 11) is 0. The van der Waals surface area contributed by atoms with Crippen LogP contribution in [0.2, 0.25) is 0 Å². The van der Waals surface area contributed by atoms with E-state index in [2.05, 4.69) is 43.3 Å². The summed E-state index contributed by atoms with van der Waals surface area (Å²) in [6.45, 7) is 8.13. The van der Waals surface area contributed by atoms with Crippen LogP contribution in [0.25, 0.3) is 22.1 Å². The molecule has 0 atom stereocenters. The number of carbonyl (C=O) groups excluding carboxylic acids is 1. The Bertz CT molecular complexity index is 1280. The van der Waals surface area contributed by atoms with E-state index in [1.807, 2.05) is 44.2 Å². The summed E-state index contributed by atoms with van der Waals surface area (Å²) in [5, 5.41) is 13.8. The Kier molecular flexibility index (Phi) is 6.77. The summed E-state index contributed by atoms with van der Waals surface area (Å²) >= 11 is 0. The number of anilines is 1. The van der Waals surface area contributed by atoms with Gasteiger partial charge in [0.15, 0.2) is 12.3 Å². The molecule has 2 aromatic carbocycles. The monoisotopic (exact) mass is 445 g/mol. The van der Waals surface area contributed by atoms with E-state index in [-0.39, 0.29) is 12.5 Å². The number of fused-ring (bicyclic) bond motifs is 3. The Hall–Kier alpha value is -4.01. The zero-order valence-corrected chi connectivity index (χ0v) is 19.0. The molecule has 170 valence electrons. The van der Waals surface area contributed by atoms with Gasteiger partial charge in [-0.3, -0.25) is 4.79 Å². The molecular formula is C24H27N7O2. The van der Waals surface area contributed by atoms with Gasteiger partial charge in [0.2, 0.25) is 0 Å². The van der Waals surface area contributed by atoms with Crippen molar-refractivity contribution in [2.24, 2.45) is 5.10 Å². The van der Waals surface area contributed by atoms with Gasteiger partial charge in [0.1, 0.15) is 11.3 Å². The van der Waals surface area contributed by atoms with Gasteiger partial charge in [0.05, 0.1) is 11.7 Å². The lowest BCUT2D eigenvalue weighted by Crippen LogP contribution is -2.34. The number of ether oxygens (including phenoxy) is 1. The topological polar surface area (TPSA) is 97.5 Å². The molecule has 0 fully saturated rings. The Morgan fingerprint density at radius 3 is 2.58 bits per heavy atom. The number of likely N-dealkylation sites (N-methyl/N-ethyl adjacent to an activating group) is 1. The number of hydrogen-bond donors (Lipinski definition) is 1. The summed E-state index contributed by atoms with van der Waals surface area (Å²) in [4.78, 5) is 18.4. The minimum absolute atomic E-state index is 0.0254. The maximum Gasteiger partial charge on any atom is 0.265 e. The highest BCUT2D eigenvalue weighted by molar-refractivity contribution is 6.04. The standard InChI is InChI=1S/C24H27N7O2/c1-4-30(5-2)21(32)16-33-18-13-11-17(12-14-18)15-25-28-24-26-23-22(27-29-24)19-9-7-8-10-20(19)31(23)6-3/h7-15H,4-6,16H2,1-3H3,(H,26,28,29)/b25-15+. The number of aryl methyl sites for hydroxylation is 1. The Labute approximate surface area is 192 Å². The predicted molar refractivity (Wildman–Crippen MR) is 130 cm³/mol. The summed E-state index contributed by atoms with van der Waals surface area (Å²) in [6.07, 6.45) is 1.66. The van der Waals surface area contributed by atoms with Crippen LogP contribution in [-0.2, 0) is 11.3 Å². The van der Waals surface area contributed by atoms with E-state index in [4.69, 9.17) is 4.74 Å². The van der Waals surface area contributed by atoms with Gasteiger partial charge in [-0.25, -0.2) is 5.43 Å². The lowest BCUT2D eigenvalue weighted by atomic mass is 10.2. The Balaban J connectivity index is 1.41. The number of para-hydroxylation sites is 1. The van der Waals surface area contributed by atoms with E-state index in [1.165, 1.54) is 0 Å². The van der Waals surface area contributed by atoms with Crippen LogP contribution < -0.4 is 10.2 Å². The van der Waals surface area contributed by atoms with Gasteiger partial charge in [-0.1, -0.05) is 18.2 Å². The summed E-state index contributed by atoms with van der Waals surface area (Å²) < 4.78 is 7.70. The van der Waals surface area contributed by atoms with Crippen molar-refractivity contribution in [3.63, 3.8) is 0 Å². The van der Waals surface area contributed by atoms with Crippen molar-refractivity contribution in [3.8, 4) is 5.75 Å². The van der Waals surface area contributed by atoms with Crippen LogP contribution in [0.15, 0.2) is 53.6 Å². The number of nitrogens with one attached hydrogen (secondary N) is 1. The number of aromatic nitrogens is 4. The van der Waals surface area contributed by atoms with Crippen LogP contribution in [0.3, 0.4) is 0 Å². The quantitative estimate of drug-likeness (QED) is 0.312. The predicted octanol–water partition coefficient (Wildman–Crippen LogP) is 3.69. The van der Waals surface area contributed by atoms with Gasteiger partial charge < -0.3 is 14.2 Å². The van der Waals surface area contributed by atoms with Gasteiger partial charge in [0, 0.05) is 25.0 Å². The van der Waals surface area contributed by atoms with Crippen molar-refractivity contribution in [3.05, 3.63) is 54.1 Å². The molecule has 4 rings (SSSR count). The first-order chi connectivity index (χ1) is 16.1. The molecule has 2 aromatic heterocycles. The molecule has 0 radical (unpaired) electrons. The number of amides is 1. The zero-order chi connectivity index (χ0) is 23.2. The van der Waals surface area contributed by atoms with Crippen LogP contribution in [-0.4, -0.2) is 56.5 Å². The van der Waals surface area contributed by atoms with Gasteiger partial charge in [-0.15, -0.1) is 10.2 Å². The van der Waals surface area contributed by atoms with E-state index < -0.39 is 0 Å². The molecule has 1 N–H and O–H groups in total. The third-order valence-corrected chi connectivity index (χ3v) is 5.43. The van der Waals surface area contributed by atoms with Crippen molar-refractivity contribution >= 4 is 40.1 Å². The van der Waals surface area contributed by atoms with Crippen LogP contribution in [0.5, 0.6) is 5.75 Å². The fourth-order valence-electron chi connectivity index (χ4n) is 3.70. The number of benzene rings is 2. The summed E-state index contributed by atoms with van der Waals surface area (Å²) in [5.74, 6) is 0.930. The largest absolute Gasteiger partial charge is 0.484 e. The maximum atomic E-state index is 12.0. The second kappa shape index (κ2) is 10.1. The highest BCUT2D eigenvalue weighted by atomic mass is 16.5. The minimum Gasteiger partial charge on any atom is -0.484 e. The summed E-state index contributed by atoms with van der Waals surface area (Å²) in [5.41, 5.74) is 6.34. The lowest BCUT2D eigenvalue weighted by molar-refractivity contribution is -0.132. The van der Waals surface area contributed by atoms with Gasteiger partial charge >= 0.3 is 0 Å². The Morgan fingerprint density at radius 1 is 1.09 bits per heavy atom. The third-order valence-electron chi connectivity index (χ3n) is 5.43. The number of rotatable bonds is 9. The lowest BCUT2D eigenvalue weighted by Gasteiger charge is -2.18. The van der Waals surface area contributed by atoms with E-state index >= 15 is 0 Å². The van der Waals surface area contributed by atoms with Crippen molar-refractivity contribution in [1.29, 1.82) is 0 Å². The Morgan fingerprint density at radius 2 is 1.85 bits per heavy atom. The molecular weight excluding hydrogens is 418 g/mol. The first-order valence-electron chi connectivity index (χ1n) is 11.1. The van der Waals surface area contributed by atoms with Gasteiger partial charge in [-0.05, 0) is 56.7 Å². The number of hydrazone groups is 1. The molecule has 0 saturated carbocycles. The van der Waals surface area contributed by atoms with E-state index in [9.17, 15) is 4.79 Å². The van der Waals surface area contributed by atoms with E-state index in [1.54, 1.807) is 23.2 Å². The van der Waals surface area contributed by atoms with Crippen LogP contribution in [0.1, 0.15) is 26.3 Å². The molecule has 0 aliphatic rings. The highest BCUT2D eigenvalue weighted by Gasteiger charge is 2.13. The number of nitrogens with zero attached hydrogens (tertiary/aromatic N) is 6. The first-order valence-corrected chi connectivity index (χ1v) is 11.1. The minimum atomic E-state index is -0.0254. The molecule has 0 unspecified atom stereocenters. The second-order valence-electron chi connectivity index (χ2n) is 7.36. The van der Waals surface area contributed by atoms with E-state index in [0.717, 1.165) is 34.2 Å². The second-order valence-corrected chi connectivity index (χ2v) is 7.36. The fraction of sp³-hybridized carbons (Fsp3) is 0.292. The van der Waals surface area contributed by atoms with Crippen LogP contribution in [0.4, 0.5) is 5.95 Å². The summed E-state index contributed by atoms with van der Waals surface area (Å²) in [6, 6.07) is 15.4. The zero-order valence-electron chi connectivity index (χ0n) is 19.0. The molecule has 1 amide bonds. The molecule has 9 heteroatoms. The highest BCUT2D eigenvalue weighted by Crippen LogP contribution is 2.26. The smallest absolute Gasteiger partial charge is 0.265 e. The van der Waals surface area contributed by atoms with Gasteiger partial charge in [0.25, 0.3) is 11.9 Å². The molecule has 0 aliphatic heterocycles. The third kappa shape index (κ3) is 4.77. The van der Waals surface area contributed by atoms with Crippen LogP contribution in [0, 0.1) is 0 Å². The number of carbonyl (C=O) groups is 1. The molecule has 0 spiro atoms. The molecule has 0 saturated heterocycles. The molecule has 4 aromatic rings. The molecule has 0 aliphatic carbocycles. The van der Waals surface area contributed by atoms with Crippen molar-refractivity contribution < 1.29 is 9.53 Å². The average Bonchev–Trinajstić information content (AvgIpc) is 3.17. The fourth-order valence-corrected chi connectivity index (χ4v) is 3.70. The van der Waals surface area contributed by atoms with Gasteiger partial charge in [-0.2, -0.15) is 10.1 Å². The molecule has 9 nitrogen and oxygen atoms in total. The van der Waals surface area contributed by atoms with E-state index in [0.29, 0.717) is 24.8 Å². The maximum absolute atomic E-state index is 12.0.